The summed E-state index contributed by atoms with van der Waals surface area (Å²) in [6, 6.07) is 2.08. The highest BCUT2D eigenvalue weighted by Crippen LogP contribution is 2.21. The Bertz CT molecular complexity index is 628. The quantitative estimate of drug-likeness (QED) is 0.425. The summed E-state index contributed by atoms with van der Waals surface area (Å²) < 4.78 is 25.8. The van der Waals surface area contributed by atoms with Crippen molar-refractivity contribution < 1.29 is 28.2 Å². The number of rotatable bonds is 6. The fraction of sp³-hybridized carbons (Fsp3) is 0.200. The molecule has 20 heavy (non-hydrogen) atoms. The number of aromatic hydroxyl groups is 1. The third-order valence-electron chi connectivity index (χ3n) is 2.23. The summed E-state index contributed by atoms with van der Waals surface area (Å²) in [5, 5.41) is 20.3. The highest BCUT2D eigenvalue weighted by atomic mass is 32.2. The van der Waals surface area contributed by atoms with Crippen LogP contribution >= 0.6 is 0 Å². The van der Waals surface area contributed by atoms with Crippen LogP contribution < -0.4 is 15.8 Å². The van der Waals surface area contributed by atoms with Crippen molar-refractivity contribution >= 4 is 22.0 Å². The van der Waals surface area contributed by atoms with Gasteiger partial charge in [0.15, 0.2) is 0 Å². The molecule has 9 nitrogen and oxygen atoms in total. The van der Waals surface area contributed by atoms with Crippen LogP contribution in [0.25, 0.3) is 0 Å². The monoisotopic (exact) mass is 303 g/mol. The van der Waals surface area contributed by atoms with Crippen LogP contribution in [0.1, 0.15) is 10.4 Å². The second kappa shape index (κ2) is 6.21. The Morgan fingerprint density at radius 2 is 1.90 bits per heavy atom. The number of aromatic carboxylic acids is 1. The molecule has 0 saturated carbocycles. The number of nitrogens with two attached hydrogens (primary N) is 1. The van der Waals surface area contributed by atoms with Crippen LogP contribution in [0.3, 0.4) is 0 Å². The van der Waals surface area contributed by atoms with E-state index in [9.17, 15) is 23.1 Å². The molecule has 0 unspecified atom stereocenters. The number of benzene rings is 1. The van der Waals surface area contributed by atoms with Gasteiger partial charge in [-0.05, 0) is 18.2 Å². The molecular weight excluding hydrogens is 290 g/mol. The molecule has 0 spiro atoms. The van der Waals surface area contributed by atoms with Crippen LogP contribution in [0.2, 0.25) is 0 Å². The molecule has 0 heterocycles. The van der Waals surface area contributed by atoms with Crippen molar-refractivity contribution in [2.24, 2.45) is 5.73 Å². The van der Waals surface area contributed by atoms with E-state index >= 15 is 0 Å². The van der Waals surface area contributed by atoms with E-state index in [4.69, 9.17) is 10.8 Å². The van der Waals surface area contributed by atoms with E-state index in [1.807, 2.05) is 0 Å². The number of sulfonamides is 1. The molecule has 0 aromatic heterocycles. The first kappa shape index (κ1) is 15.7. The minimum Gasteiger partial charge on any atom is -0.507 e. The van der Waals surface area contributed by atoms with Crippen LogP contribution in [0.5, 0.6) is 5.75 Å². The van der Waals surface area contributed by atoms with Gasteiger partial charge in [0.25, 0.3) is 0 Å². The maximum atomic E-state index is 11.8. The average Bonchev–Trinajstić information content (AvgIpc) is 2.34. The molecule has 0 atom stereocenters. The minimum atomic E-state index is -3.95. The Morgan fingerprint density at radius 3 is 2.45 bits per heavy atom. The zero-order chi connectivity index (χ0) is 15.3. The average molecular weight is 303 g/mol. The molecule has 1 rings (SSSR count). The molecule has 0 aliphatic carbocycles. The second-order valence-corrected chi connectivity index (χ2v) is 5.44. The zero-order valence-electron chi connectivity index (χ0n) is 10.2. The molecule has 0 saturated heterocycles. The molecule has 0 fully saturated rings. The smallest absolute Gasteiger partial charge is 0.339 e. The molecule has 0 radical (unpaired) electrons. The van der Waals surface area contributed by atoms with Gasteiger partial charge in [0.2, 0.25) is 10.0 Å². The summed E-state index contributed by atoms with van der Waals surface area (Å²) in [5.74, 6) is -1.98. The standard InChI is InChI=1S/C10H13N3O6S/c11-10(17)12-3-4-13-20(18,19)6-1-2-8(14)7(5-6)9(15)16/h1-2,5,13-14H,3-4H2,(H,15,16)(H3,11,12,17). The third kappa shape index (κ3) is 4.10. The molecule has 1 aromatic rings. The Balaban J connectivity index is 2.85. The highest BCUT2D eigenvalue weighted by Gasteiger charge is 2.18. The first-order chi connectivity index (χ1) is 9.24. The Labute approximate surface area is 114 Å². The van der Waals surface area contributed by atoms with Crippen LogP contribution in [-0.2, 0) is 10.0 Å². The van der Waals surface area contributed by atoms with E-state index in [2.05, 4.69) is 10.0 Å². The molecular formula is C10H13N3O6S. The van der Waals surface area contributed by atoms with E-state index in [-0.39, 0.29) is 18.0 Å². The number of primary amides is 1. The highest BCUT2D eigenvalue weighted by molar-refractivity contribution is 7.89. The van der Waals surface area contributed by atoms with Gasteiger partial charge in [-0.25, -0.2) is 22.7 Å². The first-order valence-corrected chi connectivity index (χ1v) is 6.81. The zero-order valence-corrected chi connectivity index (χ0v) is 11.0. The van der Waals surface area contributed by atoms with Gasteiger partial charge in [-0.2, -0.15) is 0 Å². The third-order valence-corrected chi connectivity index (χ3v) is 3.68. The normalized spacial score (nSPS) is 11.0. The lowest BCUT2D eigenvalue weighted by Crippen LogP contribution is -2.37. The van der Waals surface area contributed by atoms with E-state index < -0.39 is 33.3 Å². The van der Waals surface area contributed by atoms with E-state index in [1.165, 1.54) is 0 Å². The topological polar surface area (TPSA) is 159 Å². The molecule has 110 valence electrons. The van der Waals surface area contributed by atoms with Gasteiger partial charge in [0.05, 0.1) is 4.90 Å². The molecule has 0 bridgehead atoms. The Morgan fingerprint density at radius 1 is 1.25 bits per heavy atom. The van der Waals surface area contributed by atoms with Gasteiger partial charge >= 0.3 is 12.0 Å². The molecule has 6 N–H and O–H groups in total. The summed E-state index contributed by atoms with van der Waals surface area (Å²) in [4.78, 5) is 20.9. The number of hydrogen-bond acceptors (Lipinski definition) is 5. The van der Waals surface area contributed by atoms with E-state index in [0.717, 1.165) is 18.2 Å². The molecule has 2 amide bonds. The Hall–Kier alpha value is -2.33. The van der Waals surface area contributed by atoms with Crippen molar-refractivity contribution in [1.29, 1.82) is 0 Å². The number of carbonyl (C=O) groups excluding carboxylic acids is 1. The number of carboxylic acid groups (broad SMARTS) is 1. The molecule has 0 aliphatic heterocycles. The Kier molecular flexibility index (Phi) is 4.88. The maximum Gasteiger partial charge on any atom is 0.339 e. The lowest BCUT2D eigenvalue weighted by Gasteiger charge is -2.08. The second-order valence-electron chi connectivity index (χ2n) is 3.67. The fourth-order valence-electron chi connectivity index (χ4n) is 1.31. The van der Waals surface area contributed by atoms with Crippen molar-refractivity contribution in [2.45, 2.75) is 4.90 Å². The number of hydrogen-bond donors (Lipinski definition) is 5. The number of urea groups is 1. The predicted octanol–water partition coefficient (Wildman–Crippen LogP) is -0.963. The van der Waals surface area contributed by atoms with Crippen molar-refractivity contribution in [2.75, 3.05) is 13.1 Å². The summed E-state index contributed by atoms with van der Waals surface area (Å²) in [6.45, 7) is -0.132. The SMILES string of the molecule is NC(=O)NCCNS(=O)(=O)c1ccc(O)c(C(=O)O)c1. The number of amides is 2. The van der Waals surface area contributed by atoms with Crippen LogP contribution in [0.15, 0.2) is 23.1 Å². The molecule has 1 aromatic carbocycles. The van der Waals surface area contributed by atoms with Gasteiger partial charge in [-0.15, -0.1) is 0 Å². The maximum absolute atomic E-state index is 11.8. The summed E-state index contributed by atoms with van der Waals surface area (Å²) in [5.41, 5.74) is 4.28. The van der Waals surface area contributed by atoms with Crippen molar-refractivity contribution in [1.82, 2.24) is 10.0 Å². The van der Waals surface area contributed by atoms with Crippen molar-refractivity contribution in [3.63, 3.8) is 0 Å². The van der Waals surface area contributed by atoms with Gasteiger partial charge in [-0.1, -0.05) is 0 Å². The number of carbonyl (C=O) groups is 2. The number of carboxylic acids is 1. The van der Waals surface area contributed by atoms with Gasteiger partial charge < -0.3 is 21.3 Å². The van der Waals surface area contributed by atoms with Gasteiger partial charge in [0.1, 0.15) is 11.3 Å². The lowest BCUT2D eigenvalue weighted by molar-refractivity contribution is 0.0693. The summed E-state index contributed by atoms with van der Waals surface area (Å²) in [7, 11) is -3.95. The van der Waals surface area contributed by atoms with Crippen molar-refractivity contribution in [3.05, 3.63) is 23.8 Å². The van der Waals surface area contributed by atoms with E-state index in [1.54, 1.807) is 0 Å². The van der Waals surface area contributed by atoms with Gasteiger partial charge in [-0.3, -0.25) is 0 Å². The first-order valence-electron chi connectivity index (χ1n) is 5.33. The van der Waals surface area contributed by atoms with Gasteiger partial charge in [0, 0.05) is 13.1 Å². The summed E-state index contributed by atoms with van der Waals surface area (Å²) >= 11 is 0. The number of phenols is 1. The fourth-order valence-corrected chi connectivity index (χ4v) is 2.37. The minimum absolute atomic E-state index is 0.0154. The summed E-state index contributed by atoms with van der Waals surface area (Å²) in [6.07, 6.45) is 0. The molecule has 0 aliphatic rings. The molecule has 10 heteroatoms. The van der Waals surface area contributed by atoms with Crippen LogP contribution in [-0.4, -0.2) is 43.7 Å². The number of nitrogens with one attached hydrogen (secondary N) is 2. The lowest BCUT2D eigenvalue weighted by atomic mass is 10.2. The van der Waals surface area contributed by atoms with Crippen LogP contribution in [0, 0.1) is 0 Å². The van der Waals surface area contributed by atoms with Crippen LogP contribution in [0.4, 0.5) is 4.79 Å². The van der Waals surface area contributed by atoms with E-state index in [0.29, 0.717) is 0 Å². The van der Waals surface area contributed by atoms with Crippen molar-refractivity contribution in [3.8, 4) is 5.75 Å². The predicted molar refractivity (Wildman–Crippen MR) is 67.8 cm³/mol. The largest absolute Gasteiger partial charge is 0.507 e.